The number of ether oxygens (including phenoxy) is 1. The fourth-order valence-corrected chi connectivity index (χ4v) is 7.09. The van der Waals surface area contributed by atoms with Crippen molar-refractivity contribution >= 4 is 60.7 Å². The van der Waals surface area contributed by atoms with Gasteiger partial charge in [0.25, 0.3) is 0 Å². The molecule has 0 unspecified atom stereocenters. The van der Waals surface area contributed by atoms with Crippen LogP contribution in [0.4, 0.5) is 11.5 Å². The second-order valence-corrected chi connectivity index (χ2v) is 11.3. The summed E-state index contributed by atoms with van der Waals surface area (Å²) in [6, 6.07) is 4.35. The number of nitrogens with one attached hydrogen (secondary N) is 1. The van der Waals surface area contributed by atoms with Gasteiger partial charge >= 0.3 is 0 Å². The number of carbonyl (C=O) groups excluding carboxylic acids is 1. The summed E-state index contributed by atoms with van der Waals surface area (Å²) in [5.74, 6) is 1.80. The Hall–Kier alpha value is -2.89. The predicted octanol–water partition coefficient (Wildman–Crippen LogP) is 3.72. The highest BCUT2D eigenvalue weighted by molar-refractivity contribution is 7.19. The van der Waals surface area contributed by atoms with E-state index in [1.165, 1.54) is 22.0 Å². The number of hydrogen-bond acceptors (Lipinski definition) is 10. The van der Waals surface area contributed by atoms with Crippen molar-refractivity contribution in [2.75, 3.05) is 39.6 Å². The largest absolute Gasteiger partial charge is 0.494 e. The molecule has 1 aliphatic carbocycles. The Morgan fingerprint density at radius 1 is 1.26 bits per heavy atom. The second-order valence-electron chi connectivity index (χ2n) is 9.45. The van der Waals surface area contributed by atoms with Crippen molar-refractivity contribution in [2.45, 2.75) is 31.7 Å². The van der Waals surface area contributed by atoms with Crippen molar-refractivity contribution < 1.29 is 9.53 Å². The lowest BCUT2D eigenvalue weighted by Crippen LogP contribution is -2.39. The summed E-state index contributed by atoms with van der Waals surface area (Å²) in [5.41, 5.74) is 2.90. The van der Waals surface area contributed by atoms with Gasteiger partial charge in [-0.2, -0.15) is 0 Å². The van der Waals surface area contributed by atoms with Crippen LogP contribution in [0.3, 0.4) is 0 Å². The average molecular weight is 510 g/mol. The van der Waals surface area contributed by atoms with Crippen LogP contribution in [0.15, 0.2) is 18.5 Å². The number of rotatable bonds is 5. The average Bonchev–Trinajstić information content (AvgIpc) is 3.60. The van der Waals surface area contributed by atoms with Crippen molar-refractivity contribution in [1.82, 2.24) is 29.4 Å². The molecule has 0 radical (unpaired) electrons. The first kappa shape index (κ1) is 22.6. The van der Waals surface area contributed by atoms with Gasteiger partial charge in [0.1, 0.15) is 28.2 Å². The summed E-state index contributed by atoms with van der Waals surface area (Å²) in [6.45, 7) is 1.70. The summed E-state index contributed by atoms with van der Waals surface area (Å²) in [5, 5.41) is 8.67. The molecule has 35 heavy (non-hydrogen) atoms. The number of amides is 1. The van der Waals surface area contributed by atoms with Gasteiger partial charge < -0.3 is 19.9 Å². The van der Waals surface area contributed by atoms with E-state index < -0.39 is 0 Å². The first-order chi connectivity index (χ1) is 17.0. The van der Waals surface area contributed by atoms with E-state index in [0.29, 0.717) is 17.7 Å². The Labute approximate surface area is 211 Å². The van der Waals surface area contributed by atoms with Crippen molar-refractivity contribution in [3.05, 3.63) is 28.9 Å². The molecule has 3 aromatic heterocycles. The maximum Gasteiger partial charge on any atom is 0.226 e. The van der Waals surface area contributed by atoms with E-state index in [0.717, 1.165) is 70.7 Å². The highest BCUT2D eigenvalue weighted by atomic mass is 32.1. The van der Waals surface area contributed by atoms with E-state index in [9.17, 15) is 4.79 Å². The van der Waals surface area contributed by atoms with E-state index >= 15 is 0 Å². The number of fused-ring (bicyclic) bond motifs is 4. The van der Waals surface area contributed by atoms with E-state index in [2.05, 4.69) is 48.8 Å². The third-order valence-electron chi connectivity index (χ3n) is 7.22. The molecule has 11 heteroatoms. The quantitative estimate of drug-likeness (QED) is 0.435. The van der Waals surface area contributed by atoms with Crippen LogP contribution in [-0.2, 0) is 17.6 Å². The molecular formula is C24H27N7O2S2. The lowest BCUT2D eigenvalue weighted by molar-refractivity contribution is -0.134. The van der Waals surface area contributed by atoms with Gasteiger partial charge in [-0.3, -0.25) is 4.79 Å². The summed E-state index contributed by atoms with van der Waals surface area (Å²) < 4.78 is 10.6. The topological polar surface area (TPSA) is 96.4 Å². The van der Waals surface area contributed by atoms with Gasteiger partial charge in [0.15, 0.2) is 0 Å². The van der Waals surface area contributed by atoms with Crippen LogP contribution < -0.4 is 10.1 Å². The minimum Gasteiger partial charge on any atom is -0.494 e. The van der Waals surface area contributed by atoms with Crippen molar-refractivity contribution in [3.8, 4) is 5.75 Å². The van der Waals surface area contributed by atoms with E-state index in [1.807, 2.05) is 12.1 Å². The van der Waals surface area contributed by atoms with Gasteiger partial charge in [-0.1, -0.05) is 4.49 Å². The number of aromatic nitrogens is 4. The predicted molar refractivity (Wildman–Crippen MR) is 139 cm³/mol. The Morgan fingerprint density at radius 3 is 2.94 bits per heavy atom. The number of hydrogen-bond donors (Lipinski definition) is 1. The van der Waals surface area contributed by atoms with Crippen molar-refractivity contribution in [1.29, 1.82) is 0 Å². The van der Waals surface area contributed by atoms with E-state index in [-0.39, 0.29) is 5.92 Å². The number of aryl methyl sites for hydroxylation is 1. The summed E-state index contributed by atoms with van der Waals surface area (Å²) in [7, 11) is 5.83. The first-order valence-corrected chi connectivity index (χ1v) is 13.4. The normalized spacial score (nSPS) is 20.1. The molecular weight excluding hydrogens is 482 g/mol. The molecule has 1 N–H and O–H groups in total. The van der Waals surface area contributed by atoms with E-state index in [4.69, 9.17) is 4.74 Å². The fraction of sp³-hybridized carbons (Fsp3) is 0.458. The lowest BCUT2D eigenvalue weighted by atomic mass is 9.87. The molecule has 2 aliphatic rings. The minimum atomic E-state index is 0.0437. The van der Waals surface area contributed by atoms with Crippen LogP contribution in [0.5, 0.6) is 5.75 Å². The van der Waals surface area contributed by atoms with Crippen molar-refractivity contribution in [2.24, 2.45) is 5.92 Å². The third kappa shape index (κ3) is 4.01. The monoisotopic (exact) mass is 509 g/mol. The van der Waals surface area contributed by atoms with Gasteiger partial charge in [-0.15, -0.1) is 16.4 Å². The fourth-order valence-electron chi connectivity index (χ4n) is 5.24. The lowest BCUT2D eigenvalue weighted by Gasteiger charge is -2.27. The van der Waals surface area contributed by atoms with Crippen LogP contribution in [-0.4, -0.2) is 75.6 Å². The SMILES string of the molecule is COc1cc2nnsc2cc1Nc1ncnc2sc3c(c12)CC[C@H](C(=O)N1CC[C@@H](N(C)C)C1)C3. The number of likely N-dealkylation sites (N-methyl/N-ethyl adjacent to an activating group) is 1. The zero-order valence-electron chi connectivity index (χ0n) is 19.9. The molecule has 1 aliphatic heterocycles. The zero-order valence-corrected chi connectivity index (χ0v) is 21.6. The Balaban J connectivity index is 1.28. The van der Waals surface area contributed by atoms with Crippen LogP contribution >= 0.6 is 22.9 Å². The Kier molecular flexibility index (Phi) is 5.78. The number of anilines is 2. The highest BCUT2D eigenvalue weighted by Crippen LogP contribution is 2.42. The highest BCUT2D eigenvalue weighted by Gasteiger charge is 2.35. The molecule has 4 aromatic rings. The number of nitrogens with zero attached hydrogens (tertiary/aromatic N) is 6. The first-order valence-electron chi connectivity index (χ1n) is 11.8. The molecule has 4 heterocycles. The third-order valence-corrected chi connectivity index (χ3v) is 9.07. The van der Waals surface area contributed by atoms with E-state index in [1.54, 1.807) is 24.8 Å². The molecule has 9 nitrogen and oxygen atoms in total. The van der Waals surface area contributed by atoms with Crippen LogP contribution in [0.25, 0.3) is 20.4 Å². The van der Waals surface area contributed by atoms with Gasteiger partial charge in [0.05, 0.1) is 22.9 Å². The van der Waals surface area contributed by atoms with Crippen LogP contribution in [0, 0.1) is 5.92 Å². The molecule has 182 valence electrons. The standard InChI is InChI=1S/C24H27N7O2S2/c1-30(2)14-6-7-31(11-14)24(32)13-4-5-15-19(8-13)34-23-21(15)22(25-12-26-23)27-16-10-20-17(28-29-35-20)9-18(16)33-3/h9-10,12-14H,4-8,11H2,1-3H3,(H,25,26,27)/t13-,14+/m0/s1. The summed E-state index contributed by atoms with van der Waals surface area (Å²) in [6.07, 6.45) is 5.14. The van der Waals surface area contributed by atoms with Crippen LogP contribution in [0.2, 0.25) is 0 Å². The van der Waals surface area contributed by atoms with Gasteiger partial charge in [-0.25, -0.2) is 9.97 Å². The van der Waals surface area contributed by atoms with Gasteiger partial charge in [0, 0.05) is 36.0 Å². The molecule has 1 aromatic carbocycles. The smallest absolute Gasteiger partial charge is 0.226 e. The summed E-state index contributed by atoms with van der Waals surface area (Å²) in [4.78, 5) is 29.0. The number of benzene rings is 1. The van der Waals surface area contributed by atoms with Crippen molar-refractivity contribution in [3.63, 3.8) is 0 Å². The zero-order chi connectivity index (χ0) is 24.1. The molecule has 0 spiro atoms. The maximum absolute atomic E-state index is 13.3. The van der Waals surface area contributed by atoms with Crippen LogP contribution in [0.1, 0.15) is 23.3 Å². The number of likely N-dealkylation sites (tertiary alicyclic amines) is 1. The number of carbonyl (C=O) groups is 1. The molecule has 6 rings (SSSR count). The minimum absolute atomic E-state index is 0.0437. The molecule has 0 bridgehead atoms. The molecule has 1 saturated heterocycles. The molecule has 1 amide bonds. The number of thiophene rings is 1. The Morgan fingerprint density at radius 2 is 2.14 bits per heavy atom. The molecule has 2 atom stereocenters. The summed E-state index contributed by atoms with van der Waals surface area (Å²) >= 11 is 3.04. The van der Waals surface area contributed by atoms with Gasteiger partial charge in [-0.05, 0) is 62.9 Å². The second kappa shape index (κ2) is 8.96. The maximum atomic E-state index is 13.3. The Bertz CT molecular complexity index is 1420. The number of methoxy groups -OCH3 is 1. The molecule has 1 fully saturated rings. The van der Waals surface area contributed by atoms with Gasteiger partial charge in [0.2, 0.25) is 5.91 Å². The molecule has 0 saturated carbocycles.